The van der Waals surface area contributed by atoms with Gasteiger partial charge in [0.2, 0.25) is 5.91 Å². The molecular formula is C18H22N2O5. The molecule has 2 rings (SSSR count). The molecule has 0 bridgehead atoms. The average Bonchev–Trinajstić information content (AvgIpc) is 2.64. The number of methoxy groups -OCH3 is 1. The first kappa shape index (κ1) is 18.5. The smallest absolute Gasteiger partial charge is 0.331 e. The van der Waals surface area contributed by atoms with Crippen LogP contribution in [0, 0.1) is 0 Å². The molecule has 1 saturated heterocycles. The predicted molar refractivity (Wildman–Crippen MR) is 91.5 cm³/mol. The van der Waals surface area contributed by atoms with Gasteiger partial charge in [-0.15, -0.1) is 0 Å². The Bertz CT molecular complexity index is 671. The minimum Gasteiger partial charge on any atom is -0.496 e. The van der Waals surface area contributed by atoms with Gasteiger partial charge in [-0.2, -0.15) is 0 Å². The fraction of sp³-hybridized carbons (Fsp3) is 0.389. The van der Waals surface area contributed by atoms with Crippen molar-refractivity contribution in [2.45, 2.75) is 25.3 Å². The van der Waals surface area contributed by atoms with E-state index in [1.165, 1.54) is 18.1 Å². The van der Waals surface area contributed by atoms with Gasteiger partial charge in [-0.1, -0.05) is 18.2 Å². The van der Waals surface area contributed by atoms with E-state index < -0.39 is 30.4 Å². The molecule has 1 aliphatic rings. The van der Waals surface area contributed by atoms with Crippen molar-refractivity contribution in [2.75, 3.05) is 20.3 Å². The van der Waals surface area contributed by atoms with E-state index in [1.54, 1.807) is 18.2 Å². The highest BCUT2D eigenvalue weighted by molar-refractivity contribution is 5.91. The molecule has 2 N–H and O–H groups in total. The topological polar surface area (TPSA) is 98.9 Å². The second-order valence-corrected chi connectivity index (χ2v) is 5.68. The van der Waals surface area contributed by atoms with Crippen LogP contribution in [0.25, 0.3) is 6.08 Å². The summed E-state index contributed by atoms with van der Waals surface area (Å²) in [6.45, 7) is 0.0277. The van der Waals surface area contributed by atoms with Crippen LogP contribution in [0.1, 0.15) is 24.8 Å². The van der Waals surface area contributed by atoms with Crippen LogP contribution in [0.2, 0.25) is 0 Å². The van der Waals surface area contributed by atoms with E-state index in [-0.39, 0.29) is 0 Å². The van der Waals surface area contributed by atoms with Crippen molar-refractivity contribution >= 4 is 23.9 Å². The van der Waals surface area contributed by atoms with Crippen LogP contribution in [0.5, 0.6) is 5.75 Å². The number of benzene rings is 1. The van der Waals surface area contributed by atoms with Gasteiger partial charge in [0.15, 0.2) is 6.61 Å². The number of amides is 2. The van der Waals surface area contributed by atoms with Gasteiger partial charge >= 0.3 is 5.97 Å². The molecule has 0 radical (unpaired) electrons. The number of hydrogen-bond donors (Lipinski definition) is 1. The average molecular weight is 346 g/mol. The van der Waals surface area contributed by atoms with Gasteiger partial charge in [0, 0.05) is 18.2 Å². The van der Waals surface area contributed by atoms with Gasteiger partial charge < -0.3 is 20.1 Å². The maximum atomic E-state index is 12.2. The van der Waals surface area contributed by atoms with E-state index in [0.717, 1.165) is 18.4 Å². The summed E-state index contributed by atoms with van der Waals surface area (Å²) in [4.78, 5) is 36.8. The molecule has 0 aromatic heterocycles. The minimum absolute atomic E-state index is 0.414. The zero-order chi connectivity index (χ0) is 18.2. The van der Waals surface area contributed by atoms with Crippen LogP contribution >= 0.6 is 0 Å². The van der Waals surface area contributed by atoms with Crippen molar-refractivity contribution < 1.29 is 23.9 Å². The third-order valence-corrected chi connectivity index (χ3v) is 4.03. The molecule has 0 spiro atoms. The summed E-state index contributed by atoms with van der Waals surface area (Å²) in [6.07, 6.45) is 4.98. The van der Waals surface area contributed by atoms with E-state index in [0.29, 0.717) is 18.7 Å². The Labute approximate surface area is 146 Å². The number of likely N-dealkylation sites (tertiary alicyclic amines) is 1. The van der Waals surface area contributed by atoms with Gasteiger partial charge in [-0.3, -0.25) is 9.59 Å². The van der Waals surface area contributed by atoms with Gasteiger partial charge in [-0.25, -0.2) is 4.79 Å². The van der Waals surface area contributed by atoms with E-state index >= 15 is 0 Å². The molecule has 2 amide bonds. The fourth-order valence-corrected chi connectivity index (χ4v) is 2.75. The van der Waals surface area contributed by atoms with E-state index in [2.05, 4.69) is 0 Å². The number of hydrogen-bond acceptors (Lipinski definition) is 5. The highest BCUT2D eigenvalue weighted by Crippen LogP contribution is 2.19. The van der Waals surface area contributed by atoms with Crippen molar-refractivity contribution in [3.05, 3.63) is 35.9 Å². The summed E-state index contributed by atoms with van der Waals surface area (Å²) in [7, 11) is 1.54. The zero-order valence-corrected chi connectivity index (χ0v) is 14.1. The Balaban J connectivity index is 1.89. The van der Waals surface area contributed by atoms with E-state index in [1.807, 2.05) is 12.1 Å². The van der Waals surface area contributed by atoms with Crippen LogP contribution in [-0.2, 0) is 19.1 Å². The molecule has 1 aliphatic heterocycles. The van der Waals surface area contributed by atoms with Crippen LogP contribution < -0.4 is 10.5 Å². The maximum Gasteiger partial charge on any atom is 0.331 e. The maximum absolute atomic E-state index is 12.2. The van der Waals surface area contributed by atoms with E-state index in [4.69, 9.17) is 15.2 Å². The van der Waals surface area contributed by atoms with Gasteiger partial charge in [0.25, 0.3) is 5.91 Å². The summed E-state index contributed by atoms with van der Waals surface area (Å²) in [5.74, 6) is -0.967. The van der Waals surface area contributed by atoms with Gasteiger partial charge in [0.1, 0.15) is 11.8 Å². The first-order chi connectivity index (χ1) is 12.0. The number of esters is 1. The molecule has 1 heterocycles. The van der Waals surface area contributed by atoms with Gasteiger partial charge in [-0.05, 0) is 31.4 Å². The molecule has 0 aliphatic carbocycles. The lowest BCUT2D eigenvalue weighted by atomic mass is 10.0. The number of nitrogens with zero attached hydrogens (tertiary/aromatic N) is 1. The zero-order valence-electron chi connectivity index (χ0n) is 14.1. The lowest BCUT2D eigenvalue weighted by Gasteiger charge is -2.33. The summed E-state index contributed by atoms with van der Waals surface area (Å²) < 4.78 is 10.2. The standard InChI is InChI=1S/C18H22N2O5/c1-24-15-8-3-2-6-13(15)9-10-17(22)25-12-16(21)20-11-5-4-7-14(20)18(19)23/h2-3,6,8-10,14H,4-5,7,11-12H2,1H3,(H2,19,23)/b10-9+/t14-/m1/s1. The Morgan fingerprint density at radius 1 is 1.28 bits per heavy atom. The van der Waals surface area contributed by atoms with Crippen LogP contribution in [0.15, 0.2) is 30.3 Å². The molecule has 7 heteroatoms. The molecule has 1 aromatic carbocycles. The molecule has 134 valence electrons. The first-order valence-electron chi connectivity index (χ1n) is 8.09. The lowest BCUT2D eigenvalue weighted by Crippen LogP contribution is -2.51. The molecule has 1 aromatic rings. The van der Waals surface area contributed by atoms with Crippen LogP contribution in [-0.4, -0.2) is 49.0 Å². The van der Waals surface area contributed by atoms with Crippen molar-refractivity contribution in [1.29, 1.82) is 0 Å². The molecule has 7 nitrogen and oxygen atoms in total. The lowest BCUT2D eigenvalue weighted by molar-refractivity contribution is -0.151. The quantitative estimate of drug-likeness (QED) is 0.615. The molecule has 0 unspecified atom stereocenters. The SMILES string of the molecule is COc1ccccc1/C=C/C(=O)OCC(=O)N1CCCC[C@@H]1C(N)=O. The monoisotopic (exact) mass is 346 g/mol. The summed E-state index contributed by atoms with van der Waals surface area (Å²) in [5.41, 5.74) is 6.05. The normalized spacial score (nSPS) is 17.3. The second kappa shape index (κ2) is 8.86. The third-order valence-electron chi connectivity index (χ3n) is 4.03. The van der Waals surface area contributed by atoms with Gasteiger partial charge in [0.05, 0.1) is 7.11 Å². The largest absolute Gasteiger partial charge is 0.496 e. The van der Waals surface area contributed by atoms with Crippen LogP contribution in [0.4, 0.5) is 0 Å². The summed E-state index contributed by atoms with van der Waals surface area (Å²) >= 11 is 0. The Morgan fingerprint density at radius 3 is 2.76 bits per heavy atom. The number of para-hydroxylation sites is 1. The second-order valence-electron chi connectivity index (χ2n) is 5.68. The summed E-state index contributed by atoms with van der Waals surface area (Å²) in [5, 5.41) is 0. The summed E-state index contributed by atoms with van der Waals surface area (Å²) in [6, 6.07) is 6.58. The van der Waals surface area contributed by atoms with Crippen LogP contribution in [0.3, 0.4) is 0 Å². The Hall–Kier alpha value is -2.83. The molecule has 0 saturated carbocycles. The molecule has 25 heavy (non-hydrogen) atoms. The highest BCUT2D eigenvalue weighted by Gasteiger charge is 2.30. The Morgan fingerprint density at radius 2 is 2.04 bits per heavy atom. The van der Waals surface area contributed by atoms with Crippen molar-refractivity contribution in [2.24, 2.45) is 5.73 Å². The fourth-order valence-electron chi connectivity index (χ4n) is 2.75. The minimum atomic E-state index is -0.646. The molecule has 1 fully saturated rings. The first-order valence-corrected chi connectivity index (χ1v) is 8.09. The number of rotatable bonds is 6. The predicted octanol–water partition coefficient (Wildman–Crippen LogP) is 1.12. The van der Waals surface area contributed by atoms with Crippen molar-refractivity contribution in [3.63, 3.8) is 0 Å². The number of carbonyl (C=O) groups is 3. The number of ether oxygens (including phenoxy) is 2. The van der Waals surface area contributed by atoms with Crippen molar-refractivity contribution in [1.82, 2.24) is 4.90 Å². The Kier molecular flexibility index (Phi) is 6.56. The number of primary amides is 1. The third kappa shape index (κ3) is 5.07. The molecule has 1 atom stereocenters. The highest BCUT2D eigenvalue weighted by atomic mass is 16.5. The number of carbonyl (C=O) groups excluding carboxylic acids is 3. The van der Waals surface area contributed by atoms with E-state index in [9.17, 15) is 14.4 Å². The number of nitrogens with two attached hydrogens (primary N) is 1. The number of piperidine rings is 1. The molecular weight excluding hydrogens is 324 g/mol. The van der Waals surface area contributed by atoms with Crippen molar-refractivity contribution in [3.8, 4) is 5.75 Å².